The molecule has 2 N–H and O–H groups in total. The van der Waals surface area contributed by atoms with E-state index in [4.69, 9.17) is 0 Å². The Hall–Kier alpha value is 0.0869. The molecule has 1 atom stereocenters. The van der Waals surface area contributed by atoms with E-state index in [0.717, 1.165) is 6.04 Å². The van der Waals surface area contributed by atoms with Gasteiger partial charge in [-0.2, -0.15) is 0 Å². The Balaban J connectivity index is 2.93. The van der Waals surface area contributed by atoms with E-state index in [2.05, 4.69) is 19.6 Å². The third-order valence-corrected chi connectivity index (χ3v) is 7.14. The van der Waals surface area contributed by atoms with Crippen LogP contribution < -0.4 is 0 Å². The van der Waals surface area contributed by atoms with Crippen LogP contribution in [-0.2, 0) is 9.84 Å². The third kappa shape index (κ3) is 3.77. The summed E-state index contributed by atoms with van der Waals surface area (Å²) in [6, 6.07) is 0.771. The van der Waals surface area contributed by atoms with Gasteiger partial charge in [0.1, 0.15) is 0 Å². The Morgan fingerprint density at radius 1 is 1.24 bits per heavy atom. The second-order valence-electron chi connectivity index (χ2n) is 6.52. The topological polar surface area (TPSA) is 74.6 Å². The zero-order chi connectivity index (χ0) is 13.3. The molecule has 1 saturated heterocycles. The van der Waals surface area contributed by atoms with E-state index in [0.29, 0.717) is 6.42 Å². The van der Waals surface area contributed by atoms with Crippen molar-refractivity contribution < 1.29 is 18.6 Å². The summed E-state index contributed by atoms with van der Waals surface area (Å²) < 4.78 is 23.1. The van der Waals surface area contributed by atoms with Crippen LogP contribution in [0.4, 0.5) is 0 Å². The molecule has 102 valence electrons. The third-order valence-electron chi connectivity index (χ3n) is 3.61. The van der Waals surface area contributed by atoms with Gasteiger partial charge in [0.05, 0.1) is 24.7 Å². The molecule has 0 aromatic rings. The number of hydrogen-bond acceptors (Lipinski definition) is 4. The minimum Gasteiger partial charge on any atom is -0.396 e. The van der Waals surface area contributed by atoms with Crippen LogP contribution >= 0.6 is 0 Å². The summed E-state index contributed by atoms with van der Waals surface area (Å²) in [5, 5.41) is 19.3. The first-order valence-corrected chi connectivity index (χ1v) is 11.6. The molecule has 0 spiro atoms. The van der Waals surface area contributed by atoms with Crippen molar-refractivity contribution in [1.82, 2.24) is 0 Å². The molecule has 1 aliphatic heterocycles. The maximum absolute atomic E-state index is 11.5. The van der Waals surface area contributed by atoms with Gasteiger partial charge in [0.25, 0.3) is 0 Å². The average molecular weight is 280 g/mol. The molecule has 17 heavy (non-hydrogen) atoms. The van der Waals surface area contributed by atoms with Gasteiger partial charge >= 0.3 is 0 Å². The summed E-state index contributed by atoms with van der Waals surface area (Å²) in [5.41, 5.74) is -0.603. The quantitative estimate of drug-likeness (QED) is 0.728. The largest absolute Gasteiger partial charge is 0.396 e. The van der Waals surface area contributed by atoms with E-state index >= 15 is 0 Å². The Bertz CT molecular complexity index is 354. The van der Waals surface area contributed by atoms with Crippen LogP contribution in [-0.4, -0.2) is 51.4 Å². The van der Waals surface area contributed by atoms with Crippen molar-refractivity contribution in [3.05, 3.63) is 0 Å². The minimum absolute atomic E-state index is 0.0887. The molecule has 0 aromatic carbocycles. The lowest BCUT2D eigenvalue weighted by Crippen LogP contribution is -2.44. The molecular formula is C11H24O4SSi. The maximum Gasteiger partial charge on any atom is 0.150 e. The lowest BCUT2D eigenvalue weighted by Gasteiger charge is -2.39. The van der Waals surface area contributed by atoms with E-state index in [1.165, 1.54) is 0 Å². The molecular weight excluding hydrogens is 256 g/mol. The van der Waals surface area contributed by atoms with Crippen LogP contribution in [0.3, 0.4) is 0 Å². The molecule has 1 aliphatic rings. The van der Waals surface area contributed by atoms with Crippen LogP contribution in [0.5, 0.6) is 0 Å². The molecule has 0 radical (unpaired) electrons. The normalized spacial score (nSPS) is 25.1. The highest BCUT2D eigenvalue weighted by Gasteiger charge is 2.46. The van der Waals surface area contributed by atoms with Gasteiger partial charge in [-0.25, -0.2) is 8.42 Å². The molecule has 0 saturated carbocycles. The second kappa shape index (κ2) is 4.99. The van der Waals surface area contributed by atoms with Crippen molar-refractivity contribution in [1.29, 1.82) is 0 Å². The molecule has 1 unspecified atom stereocenters. The minimum atomic E-state index is -2.96. The van der Waals surface area contributed by atoms with Gasteiger partial charge in [0.15, 0.2) is 9.84 Å². The number of hydrogen-bond donors (Lipinski definition) is 2. The standard InChI is InChI=1S/C11H24O4SSi/c1-17(2,3)9-11(7-12,8-13)10-4-5-16(14,15)6-10/h10,12-13H,4-9H2,1-3H3. The van der Waals surface area contributed by atoms with E-state index in [9.17, 15) is 18.6 Å². The summed E-state index contributed by atoms with van der Waals surface area (Å²) >= 11 is 0. The van der Waals surface area contributed by atoms with Crippen molar-refractivity contribution in [3.63, 3.8) is 0 Å². The Morgan fingerprint density at radius 2 is 1.76 bits per heavy atom. The zero-order valence-corrected chi connectivity index (χ0v) is 12.8. The van der Waals surface area contributed by atoms with Crippen molar-refractivity contribution in [3.8, 4) is 0 Å². The molecule has 1 rings (SSSR count). The van der Waals surface area contributed by atoms with Crippen molar-refractivity contribution >= 4 is 17.9 Å². The summed E-state index contributed by atoms with van der Waals surface area (Å²) in [6.07, 6.45) is 0.577. The lowest BCUT2D eigenvalue weighted by atomic mass is 9.78. The van der Waals surface area contributed by atoms with Crippen molar-refractivity contribution in [2.45, 2.75) is 32.1 Å². The van der Waals surface area contributed by atoms with Crippen molar-refractivity contribution in [2.24, 2.45) is 11.3 Å². The highest BCUT2D eigenvalue weighted by molar-refractivity contribution is 7.91. The number of sulfone groups is 1. The van der Waals surface area contributed by atoms with Crippen LogP contribution in [0, 0.1) is 11.3 Å². The number of aliphatic hydroxyl groups excluding tert-OH is 2. The maximum atomic E-state index is 11.5. The highest BCUT2D eigenvalue weighted by atomic mass is 32.2. The van der Waals surface area contributed by atoms with Gasteiger partial charge in [-0.3, -0.25) is 0 Å². The molecule has 0 bridgehead atoms. The predicted octanol–water partition coefficient (Wildman–Crippen LogP) is 0.730. The first kappa shape index (κ1) is 15.1. The van der Waals surface area contributed by atoms with E-state index in [-0.39, 0.29) is 30.6 Å². The van der Waals surface area contributed by atoms with Gasteiger partial charge in [-0.15, -0.1) is 0 Å². The first-order chi connectivity index (χ1) is 7.64. The molecule has 1 heterocycles. The molecule has 0 amide bonds. The molecule has 0 aliphatic carbocycles. The summed E-state index contributed by atoms with van der Waals surface area (Å²) in [4.78, 5) is 0. The van der Waals surface area contributed by atoms with Gasteiger partial charge in [0, 0.05) is 13.5 Å². The summed E-state index contributed by atoms with van der Waals surface area (Å²) in [5.74, 6) is 0.234. The summed E-state index contributed by atoms with van der Waals surface area (Å²) in [6.45, 7) is 6.30. The lowest BCUT2D eigenvalue weighted by molar-refractivity contribution is 0.0271. The van der Waals surface area contributed by atoms with E-state index in [1.807, 2.05) is 0 Å². The van der Waals surface area contributed by atoms with Crippen molar-refractivity contribution in [2.75, 3.05) is 24.7 Å². The highest BCUT2D eigenvalue weighted by Crippen LogP contribution is 2.41. The smallest absolute Gasteiger partial charge is 0.150 e. The van der Waals surface area contributed by atoms with Gasteiger partial charge in [0.2, 0.25) is 0 Å². The first-order valence-electron chi connectivity index (χ1n) is 6.06. The van der Waals surface area contributed by atoms with E-state index in [1.54, 1.807) is 0 Å². The number of rotatable bonds is 5. The average Bonchev–Trinajstić information content (AvgIpc) is 2.54. The fraction of sp³-hybridized carbons (Fsp3) is 1.00. The van der Waals surface area contributed by atoms with Gasteiger partial charge in [-0.1, -0.05) is 19.6 Å². The van der Waals surface area contributed by atoms with E-state index < -0.39 is 23.3 Å². The Kier molecular flexibility index (Phi) is 4.45. The fourth-order valence-electron chi connectivity index (χ4n) is 2.90. The molecule has 6 heteroatoms. The predicted molar refractivity (Wildman–Crippen MR) is 71.5 cm³/mol. The Labute approximate surface area is 105 Å². The number of aliphatic hydroxyl groups is 2. The molecule has 1 fully saturated rings. The summed E-state index contributed by atoms with van der Waals surface area (Å²) in [7, 11) is -4.42. The van der Waals surface area contributed by atoms with Gasteiger partial charge < -0.3 is 10.2 Å². The van der Waals surface area contributed by atoms with Crippen LogP contribution in [0.15, 0.2) is 0 Å². The molecule has 4 nitrogen and oxygen atoms in total. The fourth-order valence-corrected chi connectivity index (χ4v) is 7.47. The zero-order valence-electron chi connectivity index (χ0n) is 10.9. The monoisotopic (exact) mass is 280 g/mol. The van der Waals surface area contributed by atoms with Crippen LogP contribution in [0.25, 0.3) is 0 Å². The Morgan fingerprint density at radius 3 is 2.06 bits per heavy atom. The van der Waals surface area contributed by atoms with Gasteiger partial charge in [-0.05, 0) is 18.4 Å². The second-order valence-corrected chi connectivity index (χ2v) is 14.2. The van der Waals surface area contributed by atoms with Crippen LogP contribution in [0.1, 0.15) is 6.42 Å². The van der Waals surface area contributed by atoms with Crippen LogP contribution in [0.2, 0.25) is 25.7 Å². The molecule has 0 aromatic heterocycles. The SMILES string of the molecule is C[Si](C)(C)CC(CO)(CO)C1CCS(=O)(=O)C1.